The lowest BCUT2D eigenvalue weighted by molar-refractivity contribution is 0.606. The molecule has 0 unspecified atom stereocenters. The second-order valence-electron chi connectivity index (χ2n) is 6.74. The highest BCUT2D eigenvalue weighted by Crippen LogP contribution is 2.28. The summed E-state index contributed by atoms with van der Waals surface area (Å²) >= 11 is 0. The minimum atomic E-state index is 0.0842. The van der Waals surface area contributed by atoms with Gasteiger partial charge in [-0.05, 0) is 23.0 Å². The maximum Gasteiger partial charge on any atom is 0.0882 e. The Bertz CT molecular complexity index is 400. The van der Waals surface area contributed by atoms with Gasteiger partial charge in [0.2, 0.25) is 0 Å². The van der Waals surface area contributed by atoms with Crippen molar-refractivity contribution in [3.05, 3.63) is 24.3 Å². The number of aliphatic imine (C=N–C) groups is 2. The minimum Gasteiger partial charge on any atom is -0.258 e. The van der Waals surface area contributed by atoms with E-state index in [2.05, 4.69) is 51.5 Å². The molecule has 0 heterocycles. The van der Waals surface area contributed by atoms with Crippen LogP contribution < -0.4 is 0 Å². The first-order valence-corrected chi connectivity index (χ1v) is 6.37. The van der Waals surface area contributed by atoms with Gasteiger partial charge in [0.25, 0.3) is 0 Å². The maximum atomic E-state index is 4.54. The average Bonchev–Trinajstić information content (AvgIpc) is 2.22. The van der Waals surface area contributed by atoms with Crippen molar-refractivity contribution in [3.63, 3.8) is 0 Å². The number of hydrogen-bond donors (Lipinski definition) is 0. The zero-order chi connectivity index (χ0) is 13.8. The van der Waals surface area contributed by atoms with E-state index >= 15 is 0 Å². The topological polar surface area (TPSA) is 24.7 Å². The van der Waals surface area contributed by atoms with E-state index in [1.807, 2.05) is 36.7 Å². The quantitative estimate of drug-likeness (QED) is 0.640. The molecule has 0 amide bonds. The fraction of sp³-hybridized carbons (Fsp3) is 0.500. The first-order valence-electron chi connectivity index (χ1n) is 6.37. The van der Waals surface area contributed by atoms with Gasteiger partial charge >= 0.3 is 0 Å². The summed E-state index contributed by atoms with van der Waals surface area (Å²) in [5.74, 6) is 0. The molecule has 0 aliphatic carbocycles. The van der Waals surface area contributed by atoms with Crippen LogP contribution in [0.1, 0.15) is 41.5 Å². The third-order valence-electron chi connectivity index (χ3n) is 2.06. The molecule has 1 aromatic carbocycles. The molecule has 0 aromatic heterocycles. The fourth-order valence-electron chi connectivity index (χ4n) is 1.21. The van der Waals surface area contributed by atoms with E-state index in [4.69, 9.17) is 0 Å². The molecule has 18 heavy (non-hydrogen) atoms. The van der Waals surface area contributed by atoms with Crippen LogP contribution in [0, 0.1) is 10.8 Å². The first kappa shape index (κ1) is 14.6. The van der Waals surface area contributed by atoms with Crippen molar-refractivity contribution >= 4 is 23.8 Å². The maximum absolute atomic E-state index is 4.54. The Morgan fingerprint density at radius 1 is 0.722 bits per heavy atom. The lowest BCUT2D eigenvalue weighted by Gasteiger charge is -2.12. The smallest absolute Gasteiger partial charge is 0.0882 e. The van der Waals surface area contributed by atoms with Gasteiger partial charge in [0, 0.05) is 12.4 Å². The fourth-order valence-corrected chi connectivity index (χ4v) is 1.21. The molecule has 0 fully saturated rings. The molecule has 2 heteroatoms. The number of para-hydroxylation sites is 2. The highest BCUT2D eigenvalue weighted by molar-refractivity contribution is 5.77. The Morgan fingerprint density at radius 2 is 1.06 bits per heavy atom. The summed E-state index contributed by atoms with van der Waals surface area (Å²) in [6.07, 6.45) is 3.94. The monoisotopic (exact) mass is 244 g/mol. The first-order chi connectivity index (χ1) is 8.17. The van der Waals surface area contributed by atoms with Crippen molar-refractivity contribution in [3.8, 4) is 0 Å². The van der Waals surface area contributed by atoms with Crippen LogP contribution in [0.4, 0.5) is 11.4 Å². The van der Waals surface area contributed by atoms with Crippen LogP contribution in [-0.4, -0.2) is 12.4 Å². The van der Waals surface area contributed by atoms with E-state index in [1.165, 1.54) is 0 Å². The standard InChI is InChI=1S/C16H24N2/c1-15(2,3)11-17-13-9-7-8-10-14(13)18-12-16(4,5)6/h7-12H,1-6H3. The van der Waals surface area contributed by atoms with Crippen LogP contribution in [0.2, 0.25) is 0 Å². The molecule has 0 aliphatic heterocycles. The van der Waals surface area contributed by atoms with Crippen LogP contribution in [0.15, 0.2) is 34.3 Å². The summed E-state index contributed by atoms with van der Waals surface area (Å²) in [5, 5.41) is 0. The van der Waals surface area contributed by atoms with Crippen molar-refractivity contribution in [2.45, 2.75) is 41.5 Å². The molecular formula is C16H24N2. The molecule has 0 atom stereocenters. The number of benzene rings is 1. The van der Waals surface area contributed by atoms with Crippen LogP contribution in [0.3, 0.4) is 0 Å². The molecule has 98 valence electrons. The average molecular weight is 244 g/mol. The molecule has 0 radical (unpaired) electrons. The highest BCUT2D eigenvalue weighted by atomic mass is 14.8. The van der Waals surface area contributed by atoms with E-state index in [9.17, 15) is 0 Å². The van der Waals surface area contributed by atoms with Crippen molar-refractivity contribution in [1.29, 1.82) is 0 Å². The van der Waals surface area contributed by atoms with Gasteiger partial charge in [0.05, 0.1) is 11.4 Å². The minimum absolute atomic E-state index is 0.0842. The zero-order valence-corrected chi connectivity index (χ0v) is 12.4. The Kier molecular flexibility index (Phi) is 4.44. The SMILES string of the molecule is CC(C)(C)C=Nc1ccccc1N=CC(C)(C)C. The van der Waals surface area contributed by atoms with Gasteiger partial charge < -0.3 is 0 Å². The molecule has 0 N–H and O–H groups in total. The second-order valence-corrected chi connectivity index (χ2v) is 6.74. The number of nitrogens with zero attached hydrogens (tertiary/aromatic N) is 2. The molecule has 0 saturated carbocycles. The van der Waals surface area contributed by atoms with E-state index in [-0.39, 0.29) is 10.8 Å². The Morgan fingerprint density at radius 3 is 1.33 bits per heavy atom. The normalized spacial score (nSPS) is 13.7. The lowest BCUT2D eigenvalue weighted by Crippen LogP contribution is -2.06. The van der Waals surface area contributed by atoms with Gasteiger partial charge in [-0.25, -0.2) is 0 Å². The van der Waals surface area contributed by atoms with E-state index in [0.717, 1.165) is 11.4 Å². The lowest BCUT2D eigenvalue weighted by atomic mass is 9.99. The van der Waals surface area contributed by atoms with Gasteiger partial charge in [-0.3, -0.25) is 9.98 Å². The van der Waals surface area contributed by atoms with Gasteiger partial charge in [0.15, 0.2) is 0 Å². The summed E-state index contributed by atoms with van der Waals surface area (Å²) in [5.41, 5.74) is 2.02. The molecule has 0 aliphatic rings. The second kappa shape index (κ2) is 5.47. The Hall–Kier alpha value is -1.44. The van der Waals surface area contributed by atoms with E-state index < -0.39 is 0 Å². The van der Waals surface area contributed by atoms with Gasteiger partial charge in [-0.15, -0.1) is 0 Å². The summed E-state index contributed by atoms with van der Waals surface area (Å²) in [4.78, 5) is 9.08. The zero-order valence-electron chi connectivity index (χ0n) is 12.4. The van der Waals surface area contributed by atoms with Crippen LogP contribution in [0.5, 0.6) is 0 Å². The van der Waals surface area contributed by atoms with E-state index in [0.29, 0.717) is 0 Å². The van der Waals surface area contributed by atoms with Crippen molar-refractivity contribution in [1.82, 2.24) is 0 Å². The Balaban J connectivity index is 3.01. The van der Waals surface area contributed by atoms with Crippen molar-refractivity contribution in [2.24, 2.45) is 20.8 Å². The molecular weight excluding hydrogens is 220 g/mol. The third-order valence-corrected chi connectivity index (χ3v) is 2.06. The molecule has 1 rings (SSSR count). The highest BCUT2D eigenvalue weighted by Gasteiger charge is 2.08. The molecule has 0 saturated heterocycles. The van der Waals surface area contributed by atoms with Crippen LogP contribution >= 0.6 is 0 Å². The number of hydrogen-bond acceptors (Lipinski definition) is 2. The van der Waals surface area contributed by atoms with Crippen molar-refractivity contribution < 1.29 is 0 Å². The van der Waals surface area contributed by atoms with Gasteiger partial charge in [-0.2, -0.15) is 0 Å². The summed E-state index contributed by atoms with van der Waals surface area (Å²) in [7, 11) is 0. The molecule has 2 nitrogen and oxygen atoms in total. The van der Waals surface area contributed by atoms with Crippen LogP contribution in [-0.2, 0) is 0 Å². The largest absolute Gasteiger partial charge is 0.258 e. The van der Waals surface area contributed by atoms with Crippen LogP contribution in [0.25, 0.3) is 0 Å². The van der Waals surface area contributed by atoms with Crippen molar-refractivity contribution in [2.75, 3.05) is 0 Å². The van der Waals surface area contributed by atoms with Gasteiger partial charge in [0.1, 0.15) is 0 Å². The predicted octanol–water partition coefficient (Wildman–Crippen LogP) is 5.18. The number of rotatable bonds is 2. The predicted molar refractivity (Wildman–Crippen MR) is 81.7 cm³/mol. The Labute approximate surface area is 111 Å². The summed E-state index contributed by atoms with van der Waals surface area (Å²) < 4.78 is 0. The molecule has 0 spiro atoms. The summed E-state index contributed by atoms with van der Waals surface area (Å²) in [6.45, 7) is 12.8. The molecule has 0 bridgehead atoms. The summed E-state index contributed by atoms with van der Waals surface area (Å²) in [6, 6.07) is 7.98. The molecule has 1 aromatic rings. The van der Waals surface area contributed by atoms with E-state index in [1.54, 1.807) is 0 Å². The third kappa shape index (κ3) is 5.76. The van der Waals surface area contributed by atoms with Gasteiger partial charge in [-0.1, -0.05) is 53.7 Å².